The van der Waals surface area contributed by atoms with Gasteiger partial charge in [0.25, 0.3) is 0 Å². The summed E-state index contributed by atoms with van der Waals surface area (Å²) in [5.74, 6) is -0.0691. The van der Waals surface area contributed by atoms with E-state index in [9.17, 15) is 4.79 Å². The summed E-state index contributed by atoms with van der Waals surface area (Å²) >= 11 is 0. The van der Waals surface area contributed by atoms with Crippen LogP contribution >= 0.6 is 0 Å². The van der Waals surface area contributed by atoms with Crippen molar-refractivity contribution in [2.75, 3.05) is 13.1 Å². The Kier molecular flexibility index (Phi) is 6.61. The lowest BCUT2D eigenvalue weighted by Gasteiger charge is -2.17. The number of benzene rings is 2. The molecule has 2 rings (SSSR count). The summed E-state index contributed by atoms with van der Waals surface area (Å²) in [6.45, 7) is 4.68. The summed E-state index contributed by atoms with van der Waals surface area (Å²) in [6.07, 6.45) is 9.38. The van der Waals surface area contributed by atoms with Crippen molar-refractivity contribution in [3.63, 3.8) is 0 Å². The van der Waals surface area contributed by atoms with Gasteiger partial charge in [-0.3, -0.25) is 4.79 Å². The second-order valence-corrected chi connectivity index (χ2v) is 5.07. The minimum atomic E-state index is -0.0691. The molecule has 0 aliphatic carbocycles. The van der Waals surface area contributed by atoms with Gasteiger partial charge in [-0.1, -0.05) is 91.5 Å². The van der Waals surface area contributed by atoms with Gasteiger partial charge in [-0.05, 0) is 17.2 Å². The molecule has 2 nitrogen and oxygen atoms in total. The molecule has 0 aromatic heterocycles. The first-order chi connectivity index (χ1) is 11.3. The van der Waals surface area contributed by atoms with Gasteiger partial charge in [-0.15, -0.1) is 0 Å². The Morgan fingerprint density at radius 1 is 0.826 bits per heavy atom. The molecule has 0 N–H and O–H groups in total. The first-order valence-corrected chi connectivity index (χ1v) is 7.64. The van der Waals surface area contributed by atoms with E-state index in [1.54, 1.807) is 4.90 Å². The largest absolute Gasteiger partial charge is 0.332 e. The van der Waals surface area contributed by atoms with Crippen LogP contribution in [0.25, 0.3) is 12.2 Å². The van der Waals surface area contributed by atoms with Crippen LogP contribution in [0.4, 0.5) is 0 Å². The van der Waals surface area contributed by atoms with Crippen molar-refractivity contribution in [2.24, 2.45) is 0 Å². The monoisotopic (exact) mass is 303 g/mol. The van der Waals surface area contributed by atoms with Crippen molar-refractivity contribution >= 4 is 18.1 Å². The average molecular weight is 303 g/mol. The maximum Gasteiger partial charge on any atom is 0.246 e. The van der Waals surface area contributed by atoms with Gasteiger partial charge in [0, 0.05) is 13.1 Å². The number of nitrogens with zero attached hydrogens (tertiary/aromatic N) is 1. The third-order valence-corrected chi connectivity index (χ3v) is 3.36. The Hall–Kier alpha value is -2.87. The summed E-state index contributed by atoms with van der Waals surface area (Å²) in [4.78, 5) is 13.7. The normalized spacial score (nSPS) is 11.0. The first kappa shape index (κ1) is 16.5. The molecule has 2 aromatic carbocycles. The lowest BCUT2D eigenvalue weighted by Crippen LogP contribution is -2.29. The topological polar surface area (TPSA) is 20.3 Å². The molecule has 0 aliphatic rings. The van der Waals surface area contributed by atoms with E-state index in [0.717, 1.165) is 11.1 Å². The number of hydrogen-bond acceptors (Lipinski definition) is 1. The third-order valence-electron chi connectivity index (χ3n) is 3.36. The van der Waals surface area contributed by atoms with Crippen LogP contribution in [0.15, 0.2) is 85.5 Å². The van der Waals surface area contributed by atoms with Gasteiger partial charge in [-0.2, -0.15) is 0 Å². The van der Waals surface area contributed by atoms with Gasteiger partial charge >= 0.3 is 0 Å². The highest BCUT2D eigenvalue weighted by atomic mass is 16.2. The molecule has 0 heterocycles. The molecule has 23 heavy (non-hydrogen) atoms. The molecule has 0 radical (unpaired) electrons. The first-order valence-electron chi connectivity index (χ1n) is 7.64. The summed E-state index contributed by atoms with van der Waals surface area (Å²) < 4.78 is 0. The highest BCUT2D eigenvalue weighted by Crippen LogP contribution is 2.04. The maximum atomic E-state index is 11.9. The molecule has 0 spiro atoms. The van der Waals surface area contributed by atoms with Crippen LogP contribution < -0.4 is 0 Å². The summed E-state index contributed by atoms with van der Waals surface area (Å²) in [6, 6.07) is 20.1. The average Bonchev–Trinajstić information content (AvgIpc) is 2.61. The van der Waals surface area contributed by atoms with E-state index in [1.807, 2.05) is 85.0 Å². The fourth-order valence-electron chi connectivity index (χ4n) is 2.14. The van der Waals surface area contributed by atoms with Crippen molar-refractivity contribution in [1.82, 2.24) is 4.90 Å². The molecule has 0 fully saturated rings. The van der Waals surface area contributed by atoms with Crippen LogP contribution in [0.2, 0.25) is 0 Å². The van der Waals surface area contributed by atoms with Crippen molar-refractivity contribution in [3.05, 3.63) is 96.6 Å². The molecule has 0 saturated carbocycles. The van der Waals surface area contributed by atoms with E-state index in [2.05, 4.69) is 6.58 Å². The van der Waals surface area contributed by atoms with E-state index in [4.69, 9.17) is 0 Å². The maximum absolute atomic E-state index is 11.9. The molecule has 0 aliphatic heterocycles. The van der Waals surface area contributed by atoms with E-state index < -0.39 is 0 Å². The van der Waals surface area contributed by atoms with Gasteiger partial charge in [0.15, 0.2) is 0 Å². The standard InChI is InChI=1S/C21H21NO/c1-2-21(23)22(17-9-15-19-11-5-3-6-12-19)18-10-16-20-13-7-4-8-14-20/h2-16H,1,17-18H2. The van der Waals surface area contributed by atoms with Crippen molar-refractivity contribution in [2.45, 2.75) is 0 Å². The van der Waals surface area contributed by atoms with Gasteiger partial charge in [0.2, 0.25) is 5.91 Å². The van der Waals surface area contributed by atoms with Gasteiger partial charge in [0.05, 0.1) is 0 Å². The van der Waals surface area contributed by atoms with Crippen molar-refractivity contribution < 1.29 is 4.79 Å². The quantitative estimate of drug-likeness (QED) is 0.693. The minimum absolute atomic E-state index is 0.0691. The second kappa shape index (κ2) is 9.21. The molecule has 0 unspecified atom stereocenters. The SMILES string of the molecule is C=CC(=O)N(CC=Cc1ccccc1)CC=Cc1ccccc1. The Morgan fingerprint density at radius 3 is 1.65 bits per heavy atom. The van der Waals surface area contributed by atoms with Gasteiger partial charge in [0.1, 0.15) is 0 Å². The number of carbonyl (C=O) groups is 1. The Bertz CT molecular complexity index is 620. The molecule has 2 aromatic rings. The molecule has 0 bridgehead atoms. The Morgan fingerprint density at radius 2 is 1.26 bits per heavy atom. The van der Waals surface area contributed by atoms with Crippen LogP contribution in [0.3, 0.4) is 0 Å². The zero-order valence-electron chi connectivity index (χ0n) is 13.1. The summed E-state index contributed by atoms with van der Waals surface area (Å²) in [7, 11) is 0. The summed E-state index contributed by atoms with van der Waals surface area (Å²) in [5, 5.41) is 0. The number of amides is 1. The highest BCUT2D eigenvalue weighted by Gasteiger charge is 2.05. The molecule has 1 amide bonds. The molecular formula is C21H21NO. The van der Waals surface area contributed by atoms with Gasteiger partial charge in [-0.25, -0.2) is 0 Å². The predicted octanol–water partition coefficient (Wildman–Crippen LogP) is 4.43. The predicted molar refractivity (Wildman–Crippen MR) is 97.7 cm³/mol. The number of rotatable bonds is 7. The number of hydrogen-bond donors (Lipinski definition) is 0. The van der Waals surface area contributed by atoms with Crippen LogP contribution in [0.5, 0.6) is 0 Å². The summed E-state index contributed by atoms with van der Waals surface area (Å²) in [5.41, 5.74) is 2.25. The fraction of sp³-hybridized carbons (Fsp3) is 0.0952. The Labute approximate surface area is 138 Å². The van der Waals surface area contributed by atoms with E-state index in [0.29, 0.717) is 13.1 Å². The van der Waals surface area contributed by atoms with Gasteiger partial charge < -0.3 is 4.90 Å². The highest BCUT2D eigenvalue weighted by molar-refractivity contribution is 5.87. The van der Waals surface area contributed by atoms with Crippen molar-refractivity contribution in [1.29, 1.82) is 0 Å². The van der Waals surface area contributed by atoms with Crippen LogP contribution in [-0.4, -0.2) is 23.9 Å². The second-order valence-electron chi connectivity index (χ2n) is 5.07. The molecule has 2 heteroatoms. The fourth-order valence-corrected chi connectivity index (χ4v) is 2.14. The van der Waals surface area contributed by atoms with E-state index >= 15 is 0 Å². The lowest BCUT2D eigenvalue weighted by atomic mass is 10.2. The molecule has 0 atom stereocenters. The van der Waals surface area contributed by atoms with Crippen LogP contribution in [0, 0.1) is 0 Å². The van der Waals surface area contributed by atoms with E-state index in [1.165, 1.54) is 6.08 Å². The van der Waals surface area contributed by atoms with Crippen LogP contribution in [0.1, 0.15) is 11.1 Å². The number of carbonyl (C=O) groups excluding carboxylic acids is 1. The lowest BCUT2D eigenvalue weighted by molar-refractivity contribution is -0.125. The van der Waals surface area contributed by atoms with Crippen molar-refractivity contribution in [3.8, 4) is 0 Å². The minimum Gasteiger partial charge on any atom is -0.332 e. The molecule has 0 saturated heterocycles. The third kappa shape index (κ3) is 5.79. The zero-order chi connectivity index (χ0) is 16.3. The Balaban J connectivity index is 1.94. The van der Waals surface area contributed by atoms with Crippen LogP contribution in [-0.2, 0) is 4.79 Å². The molecular weight excluding hydrogens is 282 g/mol. The zero-order valence-corrected chi connectivity index (χ0v) is 13.1. The smallest absolute Gasteiger partial charge is 0.246 e. The molecule has 116 valence electrons. The van der Waals surface area contributed by atoms with E-state index in [-0.39, 0.29) is 5.91 Å².